The number of unbranched alkanes of at least 4 members (excludes halogenated alkanes) is 2. The monoisotopic (exact) mass is 443 g/mol. The summed E-state index contributed by atoms with van der Waals surface area (Å²) in [7, 11) is 0. The van der Waals surface area contributed by atoms with Crippen LogP contribution in [0.3, 0.4) is 0 Å². The molecule has 0 aliphatic heterocycles. The highest BCUT2D eigenvalue weighted by molar-refractivity contribution is 5.79. The van der Waals surface area contributed by atoms with Crippen LogP contribution in [0.5, 0.6) is 0 Å². The molecule has 0 heterocycles. The number of ether oxygens (including phenoxy) is 1. The van der Waals surface area contributed by atoms with Crippen LogP contribution in [-0.4, -0.2) is 69.1 Å². The Labute approximate surface area is 185 Å². The Kier molecular flexibility index (Phi) is 18.0. The first kappa shape index (κ1) is 28.6. The molecular formula is C20H41N7O4. The Morgan fingerprint density at radius 3 is 2.26 bits per heavy atom. The highest BCUT2D eigenvalue weighted by atomic mass is 16.5. The predicted molar refractivity (Wildman–Crippen MR) is 121 cm³/mol. The van der Waals surface area contributed by atoms with E-state index >= 15 is 0 Å². The van der Waals surface area contributed by atoms with Crippen molar-refractivity contribution in [3.05, 3.63) is 0 Å². The minimum absolute atomic E-state index is 0.0373. The number of hydrogen-bond donors (Lipinski definition) is 6. The summed E-state index contributed by atoms with van der Waals surface area (Å²) in [5.74, 6) is -0.759. The Morgan fingerprint density at radius 2 is 1.58 bits per heavy atom. The standard InChI is InChI=1S/C20H41N7O4/c1-16(28)31-17(7-2-3-13-27-20(22)23)15-19(30)26-14-8-18(29)25-12-5-4-10-24-11-6-9-21/h17,24H,2-15,21H2,1H3,(H,25,29)(H,26,30)(H4,22,23,27). The first-order chi connectivity index (χ1) is 14.8. The zero-order valence-corrected chi connectivity index (χ0v) is 18.8. The molecule has 0 saturated carbocycles. The molecule has 0 aromatic rings. The molecule has 0 radical (unpaired) electrons. The maximum atomic E-state index is 12.1. The maximum absolute atomic E-state index is 12.1. The number of aliphatic imine (C=N–C) groups is 1. The highest BCUT2D eigenvalue weighted by Crippen LogP contribution is 2.10. The molecule has 0 fully saturated rings. The van der Waals surface area contributed by atoms with Gasteiger partial charge in [-0.15, -0.1) is 0 Å². The first-order valence-corrected chi connectivity index (χ1v) is 11.0. The van der Waals surface area contributed by atoms with Crippen molar-refractivity contribution in [2.45, 2.75) is 64.4 Å². The highest BCUT2D eigenvalue weighted by Gasteiger charge is 2.16. The number of rotatable bonds is 19. The second kappa shape index (κ2) is 19.6. The SMILES string of the molecule is CC(=O)OC(CCCCN=C(N)N)CC(=O)NCCC(=O)NCCCCNCCCN. The lowest BCUT2D eigenvalue weighted by Gasteiger charge is -2.16. The van der Waals surface area contributed by atoms with E-state index < -0.39 is 12.1 Å². The summed E-state index contributed by atoms with van der Waals surface area (Å²) in [5, 5.41) is 8.82. The molecule has 0 saturated heterocycles. The Hall–Kier alpha value is -2.40. The third-order valence-corrected chi connectivity index (χ3v) is 4.31. The van der Waals surface area contributed by atoms with Crippen molar-refractivity contribution >= 4 is 23.7 Å². The van der Waals surface area contributed by atoms with Gasteiger partial charge in [0.05, 0.1) is 6.42 Å². The molecule has 0 aliphatic rings. The number of carbonyl (C=O) groups is 3. The van der Waals surface area contributed by atoms with Crippen LogP contribution in [-0.2, 0) is 19.1 Å². The molecule has 0 aliphatic carbocycles. The lowest BCUT2D eigenvalue weighted by molar-refractivity contribution is -0.148. The fourth-order valence-electron chi connectivity index (χ4n) is 2.77. The molecule has 0 bridgehead atoms. The minimum Gasteiger partial charge on any atom is -0.462 e. The van der Waals surface area contributed by atoms with Crippen LogP contribution < -0.4 is 33.2 Å². The van der Waals surface area contributed by atoms with Crippen molar-refractivity contribution in [2.24, 2.45) is 22.2 Å². The average molecular weight is 444 g/mol. The second-order valence-corrected chi connectivity index (χ2v) is 7.29. The summed E-state index contributed by atoms with van der Waals surface area (Å²) >= 11 is 0. The van der Waals surface area contributed by atoms with Crippen LogP contribution in [0.4, 0.5) is 0 Å². The van der Waals surface area contributed by atoms with Gasteiger partial charge in [0.2, 0.25) is 11.8 Å². The van der Waals surface area contributed by atoms with Crippen LogP contribution in [0.2, 0.25) is 0 Å². The number of esters is 1. The number of guanidine groups is 1. The van der Waals surface area contributed by atoms with E-state index in [-0.39, 0.29) is 37.2 Å². The fourth-order valence-corrected chi connectivity index (χ4v) is 2.77. The topological polar surface area (TPSA) is 187 Å². The third kappa shape index (κ3) is 20.6. The number of carbonyl (C=O) groups excluding carboxylic acids is 3. The maximum Gasteiger partial charge on any atom is 0.302 e. The molecular weight excluding hydrogens is 402 g/mol. The smallest absolute Gasteiger partial charge is 0.302 e. The van der Waals surface area contributed by atoms with Crippen molar-refractivity contribution in [1.82, 2.24) is 16.0 Å². The number of amides is 2. The van der Waals surface area contributed by atoms with Crippen LogP contribution in [0.1, 0.15) is 58.3 Å². The first-order valence-electron chi connectivity index (χ1n) is 11.0. The van der Waals surface area contributed by atoms with E-state index in [4.69, 9.17) is 21.9 Å². The quantitative estimate of drug-likeness (QED) is 0.0640. The van der Waals surface area contributed by atoms with Gasteiger partial charge in [-0.25, -0.2) is 0 Å². The van der Waals surface area contributed by atoms with E-state index in [0.29, 0.717) is 32.5 Å². The van der Waals surface area contributed by atoms with E-state index in [1.54, 1.807) is 0 Å². The Bertz CT molecular complexity index is 540. The lowest BCUT2D eigenvalue weighted by Crippen LogP contribution is -2.33. The summed E-state index contributed by atoms with van der Waals surface area (Å²) in [6, 6.07) is 0. The summed E-state index contributed by atoms with van der Waals surface area (Å²) < 4.78 is 5.21. The minimum atomic E-state index is -0.510. The summed E-state index contributed by atoms with van der Waals surface area (Å²) in [6.07, 6.45) is 4.56. The molecule has 0 aromatic heterocycles. The van der Waals surface area contributed by atoms with Gasteiger partial charge in [-0.05, 0) is 58.2 Å². The number of hydrogen-bond acceptors (Lipinski definition) is 7. The largest absolute Gasteiger partial charge is 0.462 e. The van der Waals surface area contributed by atoms with Crippen molar-refractivity contribution in [3.63, 3.8) is 0 Å². The van der Waals surface area contributed by atoms with Crippen LogP contribution in [0.25, 0.3) is 0 Å². The molecule has 1 unspecified atom stereocenters. The third-order valence-electron chi connectivity index (χ3n) is 4.31. The zero-order valence-electron chi connectivity index (χ0n) is 18.8. The van der Waals surface area contributed by atoms with Gasteiger partial charge in [0, 0.05) is 33.0 Å². The van der Waals surface area contributed by atoms with Crippen molar-refractivity contribution in [2.75, 3.05) is 39.3 Å². The summed E-state index contributed by atoms with van der Waals surface area (Å²) in [5.41, 5.74) is 16.0. The van der Waals surface area contributed by atoms with Gasteiger partial charge in [0.15, 0.2) is 5.96 Å². The van der Waals surface area contributed by atoms with Crippen molar-refractivity contribution in [1.29, 1.82) is 0 Å². The van der Waals surface area contributed by atoms with Gasteiger partial charge in [-0.1, -0.05) is 0 Å². The van der Waals surface area contributed by atoms with E-state index in [0.717, 1.165) is 38.8 Å². The molecule has 11 heteroatoms. The molecule has 11 nitrogen and oxygen atoms in total. The average Bonchev–Trinajstić information content (AvgIpc) is 2.69. The normalized spacial score (nSPS) is 11.4. The van der Waals surface area contributed by atoms with Gasteiger partial charge in [0.25, 0.3) is 0 Å². The Morgan fingerprint density at radius 1 is 0.903 bits per heavy atom. The second-order valence-electron chi connectivity index (χ2n) is 7.29. The van der Waals surface area contributed by atoms with Gasteiger partial charge in [0.1, 0.15) is 6.10 Å². The van der Waals surface area contributed by atoms with Crippen LogP contribution in [0.15, 0.2) is 4.99 Å². The zero-order chi connectivity index (χ0) is 23.3. The van der Waals surface area contributed by atoms with E-state index in [9.17, 15) is 14.4 Å². The molecule has 0 aromatic carbocycles. The molecule has 1 atom stereocenters. The molecule has 180 valence electrons. The molecule has 31 heavy (non-hydrogen) atoms. The molecule has 2 amide bonds. The number of nitrogens with one attached hydrogen (secondary N) is 3. The predicted octanol–water partition coefficient (Wildman–Crippen LogP) is -0.907. The summed E-state index contributed by atoms with van der Waals surface area (Å²) in [6.45, 7) is 5.15. The van der Waals surface area contributed by atoms with Gasteiger partial charge in [-0.3, -0.25) is 19.4 Å². The molecule has 0 spiro atoms. The molecule has 9 N–H and O–H groups in total. The fraction of sp³-hybridized carbons (Fsp3) is 0.800. The number of nitrogens with two attached hydrogens (primary N) is 3. The van der Waals surface area contributed by atoms with Gasteiger partial charge < -0.3 is 37.9 Å². The molecule has 0 rings (SSSR count). The van der Waals surface area contributed by atoms with E-state index in [1.807, 2.05) is 0 Å². The summed E-state index contributed by atoms with van der Waals surface area (Å²) in [4.78, 5) is 39.1. The van der Waals surface area contributed by atoms with E-state index in [2.05, 4.69) is 20.9 Å². The Balaban J connectivity index is 3.90. The van der Waals surface area contributed by atoms with E-state index in [1.165, 1.54) is 6.92 Å². The van der Waals surface area contributed by atoms with Crippen molar-refractivity contribution < 1.29 is 19.1 Å². The van der Waals surface area contributed by atoms with Gasteiger partial charge in [-0.2, -0.15) is 0 Å². The van der Waals surface area contributed by atoms with Crippen LogP contribution >= 0.6 is 0 Å². The number of nitrogens with zero attached hydrogens (tertiary/aromatic N) is 1. The van der Waals surface area contributed by atoms with Gasteiger partial charge >= 0.3 is 5.97 Å². The lowest BCUT2D eigenvalue weighted by atomic mass is 10.1. The van der Waals surface area contributed by atoms with Crippen molar-refractivity contribution in [3.8, 4) is 0 Å². The van der Waals surface area contributed by atoms with Crippen LogP contribution in [0, 0.1) is 0 Å².